The minimum absolute atomic E-state index is 0.297. The molecule has 0 aliphatic heterocycles. The average molecular weight is 328 g/mol. The topological polar surface area (TPSA) is 59.6 Å². The first-order valence-electron chi connectivity index (χ1n) is 7.89. The van der Waals surface area contributed by atoms with Gasteiger partial charge >= 0.3 is 6.03 Å². The van der Waals surface area contributed by atoms with Crippen molar-refractivity contribution in [1.82, 2.24) is 5.32 Å². The number of anilines is 1. The molecule has 0 saturated carbocycles. The monoisotopic (exact) mass is 328 g/mol. The standard InChI is InChI=1S/C19H24N2O3/c1-5-19(2,14-9-7-6-8-10-14)21-18(22)20-16-13-15(23-3)11-12-17(16)24-4/h6-13H,5H2,1-4H3,(H2,20,21,22). The Morgan fingerprint density at radius 1 is 1.08 bits per heavy atom. The Balaban J connectivity index is 2.18. The van der Waals surface area contributed by atoms with E-state index in [1.165, 1.54) is 0 Å². The average Bonchev–Trinajstić information content (AvgIpc) is 2.62. The van der Waals surface area contributed by atoms with Crippen molar-refractivity contribution in [3.05, 3.63) is 54.1 Å². The fraction of sp³-hybridized carbons (Fsp3) is 0.316. The summed E-state index contributed by atoms with van der Waals surface area (Å²) < 4.78 is 10.5. The molecule has 0 saturated heterocycles. The molecular formula is C19H24N2O3. The summed E-state index contributed by atoms with van der Waals surface area (Å²) in [5.74, 6) is 1.22. The van der Waals surface area contributed by atoms with Crippen LogP contribution in [0.2, 0.25) is 0 Å². The van der Waals surface area contributed by atoms with Crippen LogP contribution in [-0.4, -0.2) is 20.3 Å². The molecule has 2 aromatic rings. The first-order chi connectivity index (χ1) is 11.5. The van der Waals surface area contributed by atoms with Gasteiger partial charge in [-0.2, -0.15) is 0 Å². The van der Waals surface area contributed by atoms with Crippen LogP contribution in [-0.2, 0) is 5.54 Å². The molecule has 1 unspecified atom stereocenters. The zero-order valence-corrected chi connectivity index (χ0v) is 14.6. The number of hydrogen-bond donors (Lipinski definition) is 2. The second-order valence-electron chi connectivity index (χ2n) is 5.70. The molecule has 2 amide bonds. The Kier molecular flexibility index (Phi) is 5.68. The molecule has 0 bridgehead atoms. The van der Waals surface area contributed by atoms with E-state index in [4.69, 9.17) is 9.47 Å². The van der Waals surface area contributed by atoms with E-state index in [2.05, 4.69) is 10.6 Å². The fourth-order valence-corrected chi connectivity index (χ4v) is 2.49. The highest BCUT2D eigenvalue weighted by atomic mass is 16.5. The molecule has 5 heteroatoms. The summed E-state index contributed by atoms with van der Waals surface area (Å²) in [6, 6.07) is 14.9. The van der Waals surface area contributed by atoms with Crippen molar-refractivity contribution >= 4 is 11.7 Å². The van der Waals surface area contributed by atoms with E-state index in [9.17, 15) is 4.79 Å². The van der Waals surface area contributed by atoms with Crippen molar-refractivity contribution in [2.75, 3.05) is 19.5 Å². The summed E-state index contributed by atoms with van der Waals surface area (Å²) in [4.78, 5) is 12.5. The summed E-state index contributed by atoms with van der Waals surface area (Å²) in [6.45, 7) is 4.05. The van der Waals surface area contributed by atoms with Crippen molar-refractivity contribution in [3.8, 4) is 11.5 Å². The molecule has 0 aromatic heterocycles. The summed E-state index contributed by atoms with van der Waals surface area (Å²) in [5.41, 5.74) is 1.15. The molecule has 0 fully saturated rings. The number of rotatable bonds is 6. The largest absolute Gasteiger partial charge is 0.497 e. The highest BCUT2D eigenvalue weighted by Gasteiger charge is 2.26. The van der Waals surface area contributed by atoms with Crippen LogP contribution in [0.25, 0.3) is 0 Å². The van der Waals surface area contributed by atoms with Crippen molar-refractivity contribution in [2.24, 2.45) is 0 Å². The maximum atomic E-state index is 12.5. The number of carbonyl (C=O) groups excluding carboxylic acids is 1. The molecule has 0 aliphatic rings. The molecule has 0 radical (unpaired) electrons. The van der Waals surface area contributed by atoms with E-state index in [1.807, 2.05) is 44.2 Å². The summed E-state index contributed by atoms with van der Waals surface area (Å²) in [7, 11) is 3.14. The second kappa shape index (κ2) is 7.73. The molecule has 24 heavy (non-hydrogen) atoms. The van der Waals surface area contributed by atoms with Gasteiger partial charge < -0.3 is 20.1 Å². The Hall–Kier alpha value is -2.69. The zero-order valence-electron chi connectivity index (χ0n) is 14.6. The Morgan fingerprint density at radius 3 is 2.38 bits per heavy atom. The van der Waals surface area contributed by atoms with Gasteiger partial charge in [-0.05, 0) is 31.0 Å². The van der Waals surface area contributed by atoms with Crippen molar-refractivity contribution in [2.45, 2.75) is 25.8 Å². The minimum atomic E-state index is -0.461. The second-order valence-corrected chi connectivity index (χ2v) is 5.70. The first kappa shape index (κ1) is 17.7. The molecule has 0 heterocycles. The number of amides is 2. The highest BCUT2D eigenvalue weighted by molar-refractivity contribution is 5.91. The lowest BCUT2D eigenvalue weighted by Crippen LogP contribution is -2.45. The van der Waals surface area contributed by atoms with Gasteiger partial charge in [0, 0.05) is 6.07 Å². The number of hydrogen-bond acceptors (Lipinski definition) is 3. The number of ether oxygens (including phenoxy) is 2. The number of urea groups is 1. The lowest BCUT2D eigenvalue weighted by molar-refractivity contribution is 0.237. The summed E-state index contributed by atoms with van der Waals surface area (Å²) in [6.07, 6.45) is 0.764. The Bertz CT molecular complexity index is 688. The quantitative estimate of drug-likeness (QED) is 0.837. The van der Waals surface area contributed by atoms with Crippen LogP contribution in [0, 0.1) is 0 Å². The van der Waals surface area contributed by atoms with Gasteiger partial charge in [0.1, 0.15) is 11.5 Å². The van der Waals surface area contributed by atoms with E-state index < -0.39 is 5.54 Å². The maximum absolute atomic E-state index is 12.5. The van der Waals surface area contributed by atoms with Crippen molar-refractivity contribution < 1.29 is 14.3 Å². The molecule has 2 rings (SSSR count). The minimum Gasteiger partial charge on any atom is -0.497 e. The van der Waals surface area contributed by atoms with Crippen molar-refractivity contribution in [3.63, 3.8) is 0 Å². The van der Waals surface area contributed by atoms with E-state index in [0.29, 0.717) is 17.2 Å². The molecular weight excluding hydrogens is 304 g/mol. The predicted molar refractivity (Wildman–Crippen MR) is 95.8 cm³/mol. The molecule has 1 atom stereocenters. The van der Waals surface area contributed by atoms with Crippen LogP contribution < -0.4 is 20.1 Å². The van der Waals surface area contributed by atoms with Gasteiger partial charge in [-0.25, -0.2) is 4.79 Å². The molecule has 0 aliphatic carbocycles. The van der Waals surface area contributed by atoms with Crippen molar-refractivity contribution in [1.29, 1.82) is 0 Å². The fourth-order valence-electron chi connectivity index (χ4n) is 2.49. The van der Waals surface area contributed by atoms with E-state index in [0.717, 1.165) is 12.0 Å². The molecule has 2 aromatic carbocycles. The van der Waals surface area contributed by atoms with Crippen LogP contribution >= 0.6 is 0 Å². The number of carbonyl (C=O) groups is 1. The van der Waals surface area contributed by atoms with Gasteiger partial charge in [-0.1, -0.05) is 37.3 Å². The third-order valence-electron chi connectivity index (χ3n) is 4.16. The van der Waals surface area contributed by atoms with Gasteiger partial charge in [0.2, 0.25) is 0 Å². The van der Waals surface area contributed by atoms with E-state index >= 15 is 0 Å². The molecule has 5 nitrogen and oxygen atoms in total. The Labute approximate surface area is 143 Å². The SMILES string of the molecule is CCC(C)(NC(=O)Nc1cc(OC)ccc1OC)c1ccccc1. The lowest BCUT2D eigenvalue weighted by atomic mass is 9.89. The highest BCUT2D eigenvalue weighted by Crippen LogP contribution is 2.29. The number of methoxy groups -OCH3 is 2. The third-order valence-corrected chi connectivity index (χ3v) is 4.16. The van der Waals surface area contributed by atoms with Gasteiger partial charge in [0.25, 0.3) is 0 Å². The lowest BCUT2D eigenvalue weighted by Gasteiger charge is -2.30. The smallest absolute Gasteiger partial charge is 0.320 e. The molecule has 2 N–H and O–H groups in total. The van der Waals surface area contributed by atoms with Crippen LogP contribution in [0.4, 0.5) is 10.5 Å². The third kappa shape index (κ3) is 3.98. The number of nitrogens with one attached hydrogen (secondary N) is 2. The first-order valence-corrected chi connectivity index (χ1v) is 7.89. The predicted octanol–water partition coefficient (Wildman–Crippen LogP) is 4.15. The summed E-state index contributed by atoms with van der Waals surface area (Å²) in [5, 5.41) is 5.89. The van der Waals surface area contributed by atoms with Crippen LogP contribution in [0.5, 0.6) is 11.5 Å². The van der Waals surface area contributed by atoms with Gasteiger partial charge in [0.15, 0.2) is 0 Å². The zero-order chi connectivity index (χ0) is 17.6. The number of benzene rings is 2. The van der Waals surface area contributed by atoms with Gasteiger partial charge in [-0.3, -0.25) is 0 Å². The summed E-state index contributed by atoms with van der Waals surface area (Å²) >= 11 is 0. The Morgan fingerprint density at radius 2 is 1.79 bits per heavy atom. The van der Waals surface area contributed by atoms with Crippen LogP contribution in [0.1, 0.15) is 25.8 Å². The van der Waals surface area contributed by atoms with E-state index in [1.54, 1.807) is 32.4 Å². The van der Waals surface area contributed by atoms with Gasteiger partial charge in [0.05, 0.1) is 25.4 Å². The normalized spacial score (nSPS) is 12.8. The molecule has 0 spiro atoms. The molecule has 128 valence electrons. The van der Waals surface area contributed by atoms with Crippen LogP contribution in [0.3, 0.4) is 0 Å². The maximum Gasteiger partial charge on any atom is 0.320 e. The van der Waals surface area contributed by atoms with Crippen LogP contribution in [0.15, 0.2) is 48.5 Å². The van der Waals surface area contributed by atoms with E-state index in [-0.39, 0.29) is 6.03 Å². The van der Waals surface area contributed by atoms with Gasteiger partial charge in [-0.15, -0.1) is 0 Å².